The third kappa shape index (κ3) is 2.91. The quantitative estimate of drug-likeness (QED) is 0.916. The number of hydrogen-bond donors (Lipinski definition) is 1. The maximum atomic E-state index is 12.5. The van der Waals surface area contributed by atoms with Gasteiger partial charge in [-0.25, -0.2) is 4.79 Å². The van der Waals surface area contributed by atoms with Gasteiger partial charge in [0.05, 0.1) is 11.7 Å². The lowest BCUT2D eigenvalue weighted by Gasteiger charge is -2.23. The van der Waals surface area contributed by atoms with E-state index in [1.807, 2.05) is 49.1 Å². The lowest BCUT2D eigenvalue weighted by Crippen LogP contribution is -2.34. The highest BCUT2D eigenvalue weighted by Gasteiger charge is 2.32. The molecule has 1 fully saturated rings. The number of likely N-dealkylation sites (tertiary alicyclic amines) is 1. The summed E-state index contributed by atoms with van der Waals surface area (Å²) in [7, 11) is 0. The van der Waals surface area contributed by atoms with E-state index in [2.05, 4.69) is 10.5 Å². The summed E-state index contributed by atoms with van der Waals surface area (Å²) >= 11 is 0. The summed E-state index contributed by atoms with van der Waals surface area (Å²) in [6.07, 6.45) is 1.89. The highest BCUT2D eigenvalue weighted by atomic mass is 16.5. The van der Waals surface area contributed by atoms with Gasteiger partial charge in [0.2, 0.25) is 0 Å². The van der Waals surface area contributed by atoms with Crippen LogP contribution in [0.15, 0.2) is 34.9 Å². The minimum absolute atomic E-state index is 0.0176. The normalized spacial score (nSPS) is 18.0. The molecule has 0 unspecified atom stereocenters. The number of amides is 2. The van der Waals surface area contributed by atoms with Gasteiger partial charge in [-0.15, -0.1) is 0 Å². The second kappa shape index (κ2) is 5.60. The summed E-state index contributed by atoms with van der Waals surface area (Å²) in [4.78, 5) is 14.3. The Morgan fingerprint density at radius 1 is 1.38 bits per heavy atom. The van der Waals surface area contributed by atoms with Crippen LogP contribution in [0.2, 0.25) is 0 Å². The lowest BCUT2D eigenvalue weighted by atomic mass is 10.1. The lowest BCUT2D eigenvalue weighted by molar-refractivity contribution is 0.195. The van der Waals surface area contributed by atoms with Crippen LogP contribution in [0.3, 0.4) is 0 Å². The Morgan fingerprint density at radius 2 is 2.24 bits per heavy atom. The van der Waals surface area contributed by atoms with Gasteiger partial charge in [-0.2, -0.15) is 0 Å². The van der Waals surface area contributed by atoms with Crippen LogP contribution in [0.25, 0.3) is 0 Å². The van der Waals surface area contributed by atoms with Crippen molar-refractivity contribution >= 4 is 11.7 Å². The van der Waals surface area contributed by atoms with E-state index in [1.165, 1.54) is 0 Å². The van der Waals surface area contributed by atoms with Crippen LogP contribution in [0.1, 0.15) is 35.9 Å². The molecule has 0 saturated carbocycles. The Labute approximate surface area is 123 Å². The zero-order valence-electron chi connectivity index (χ0n) is 12.3. The second-order valence-corrected chi connectivity index (χ2v) is 5.52. The van der Waals surface area contributed by atoms with Crippen molar-refractivity contribution in [3.8, 4) is 0 Å². The molecule has 21 heavy (non-hydrogen) atoms. The number of carbonyl (C=O) groups is 1. The van der Waals surface area contributed by atoms with Crippen LogP contribution in [0.5, 0.6) is 0 Å². The Balaban J connectivity index is 1.74. The van der Waals surface area contributed by atoms with E-state index in [0.717, 1.165) is 42.1 Å². The van der Waals surface area contributed by atoms with Crippen molar-refractivity contribution in [3.63, 3.8) is 0 Å². The average Bonchev–Trinajstić information content (AvgIpc) is 3.06. The Morgan fingerprint density at radius 3 is 2.95 bits per heavy atom. The standard InChI is InChI=1S/C16H19N3O2/c1-11-5-3-6-13(9-11)17-16(20)19-8-4-7-14(19)15-10-12(2)18-21-15/h3,5-6,9-10,14H,4,7-8H2,1-2H3,(H,17,20)/t14-/m1/s1. The van der Waals surface area contributed by atoms with Crippen LogP contribution in [-0.4, -0.2) is 22.6 Å². The molecule has 3 rings (SSSR count). The largest absolute Gasteiger partial charge is 0.359 e. The van der Waals surface area contributed by atoms with Gasteiger partial charge in [0, 0.05) is 18.3 Å². The van der Waals surface area contributed by atoms with Crippen molar-refractivity contribution in [2.45, 2.75) is 32.7 Å². The van der Waals surface area contributed by atoms with Crippen LogP contribution in [0.4, 0.5) is 10.5 Å². The molecule has 0 bridgehead atoms. The number of nitrogens with one attached hydrogen (secondary N) is 1. The number of benzene rings is 1. The van der Waals surface area contributed by atoms with Crippen LogP contribution in [0, 0.1) is 13.8 Å². The molecule has 1 aromatic carbocycles. The van der Waals surface area contributed by atoms with Crippen molar-refractivity contribution < 1.29 is 9.32 Å². The van der Waals surface area contributed by atoms with Crippen molar-refractivity contribution in [2.24, 2.45) is 0 Å². The Bertz CT molecular complexity index is 650. The monoisotopic (exact) mass is 285 g/mol. The highest BCUT2D eigenvalue weighted by Crippen LogP contribution is 2.32. The Hall–Kier alpha value is -2.30. The van der Waals surface area contributed by atoms with Crippen LogP contribution < -0.4 is 5.32 Å². The van der Waals surface area contributed by atoms with E-state index < -0.39 is 0 Å². The van der Waals surface area contributed by atoms with E-state index >= 15 is 0 Å². The molecule has 0 spiro atoms. The molecule has 5 nitrogen and oxygen atoms in total. The molecule has 0 aliphatic carbocycles. The second-order valence-electron chi connectivity index (χ2n) is 5.52. The predicted octanol–water partition coefficient (Wildman–Crippen LogP) is 3.66. The third-order valence-corrected chi connectivity index (χ3v) is 3.76. The summed E-state index contributed by atoms with van der Waals surface area (Å²) < 4.78 is 5.33. The molecule has 2 heterocycles. The first-order valence-electron chi connectivity index (χ1n) is 7.21. The molecule has 1 aromatic heterocycles. The van der Waals surface area contributed by atoms with Gasteiger partial charge in [-0.05, 0) is 44.4 Å². The van der Waals surface area contributed by atoms with E-state index in [-0.39, 0.29) is 12.1 Å². The highest BCUT2D eigenvalue weighted by molar-refractivity contribution is 5.89. The number of aryl methyl sites for hydroxylation is 2. The van der Waals surface area contributed by atoms with E-state index in [0.29, 0.717) is 0 Å². The SMILES string of the molecule is Cc1cccc(NC(=O)N2CCC[C@@H]2c2cc(C)no2)c1. The molecule has 2 aromatic rings. The number of hydrogen-bond acceptors (Lipinski definition) is 3. The maximum absolute atomic E-state index is 12.5. The van der Waals surface area contributed by atoms with Gasteiger partial charge in [0.25, 0.3) is 0 Å². The molecule has 2 amide bonds. The summed E-state index contributed by atoms with van der Waals surface area (Å²) in [5, 5.41) is 6.87. The molecule has 1 atom stereocenters. The van der Waals surface area contributed by atoms with Gasteiger partial charge >= 0.3 is 6.03 Å². The molecule has 0 radical (unpaired) electrons. The minimum Gasteiger partial charge on any atom is -0.359 e. The Kier molecular flexibility index (Phi) is 3.64. The molecule has 1 saturated heterocycles. The molecule has 1 N–H and O–H groups in total. The first-order chi connectivity index (χ1) is 10.1. The van der Waals surface area contributed by atoms with Crippen molar-refractivity contribution in [2.75, 3.05) is 11.9 Å². The fourth-order valence-electron chi connectivity index (χ4n) is 2.76. The summed E-state index contributed by atoms with van der Waals surface area (Å²) in [5.74, 6) is 0.768. The number of urea groups is 1. The van der Waals surface area contributed by atoms with Gasteiger partial charge in [0.15, 0.2) is 5.76 Å². The number of anilines is 1. The zero-order valence-corrected chi connectivity index (χ0v) is 12.3. The van der Waals surface area contributed by atoms with Gasteiger partial charge in [0.1, 0.15) is 0 Å². The minimum atomic E-state index is -0.0860. The smallest absolute Gasteiger partial charge is 0.322 e. The predicted molar refractivity (Wildman–Crippen MR) is 80.1 cm³/mol. The molecule has 5 heteroatoms. The van der Waals surface area contributed by atoms with E-state index in [4.69, 9.17) is 4.52 Å². The molecule has 1 aliphatic rings. The first-order valence-corrected chi connectivity index (χ1v) is 7.21. The zero-order chi connectivity index (χ0) is 14.8. The van der Waals surface area contributed by atoms with Gasteiger partial charge < -0.3 is 14.7 Å². The fourth-order valence-corrected chi connectivity index (χ4v) is 2.76. The molecule has 1 aliphatic heterocycles. The summed E-state index contributed by atoms with van der Waals surface area (Å²) in [5.41, 5.74) is 2.78. The van der Waals surface area contributed by atoms with Crippen LogP contribution >= 0.6 is 0 Å². The van der Waals surface area contributed by atoms with Gasteiger partial charge in [-0.3, -0.25) is 0 Å². The summed E-state index contributed by atoms with van der Waals surface area (Å²) in [6.45, 7) is 4.63. The van der Waals surface area contributed by atoms with E-state index in [1.54, 1.807) is 0 Å². The maximum Gasteiger partial charge on any atom is 0.322 e. The van der Waals surface area contributed by atoms with E-state index in [9.17, 15) is 4.79 Å². The van der Waals surface area contributed by atoms with Crippen molar-refractivity contribution in [1.82, 2.24) is 10.1 Å². The fraction of sp³-hybridized carbons (Fsp3) is 0.375. The molecular formula is C16H19N3O2. The average molecular weight is 285 g/mol. The summed E-state index contributed by atoms with van der Waals surface area (Å²) in [6, 6.07) is 9.60. The molecular weight excluding hydrogens is 266 g/mol. The number of carbonyl (C=O) groups excluding carboxylic acids is 1. The number of rotatable bonds is 2. The number of aromatic nitrogens is 1. The molecule has 110 valence electrons. The third-order valence-electron chi connectivity index (χ3n) is 3.76. The topological polar surface area (TPSA) is 58.4 Å². The van der Waals surface area contributed by atoms with Crippen molar-refractivity contribution in [1.29, 1.82) is 0 Å². The van der Waals surface area contributed by atoms with Gasteiger partial charge in [-0.1, -0.05) is 17.3 Å². The first kappa shape index (κ1) is 13.7. The van der Waals surface area contributed by atoms with Crippen molar-refractivity contribution in [3.05, 3.63) is 47.3 Å². The number of nitrogens with zero attached hydrogens (tertiary/aromatic N) is 2. The van der Waals surface area contributed by atoms with Crippen LogP contribution in [-0.2, 0) is 0 Å².